The Hall–Kier alpha value is -2.01. The standard InChI is InChI=1S/C21H29ClN2O3/c1-5-8-9-27-15-10-16-19(14(6-2)12-23-13(4)25)21(18(26)7-3)24-20(16)17(22)11-15/h10-11,14,24H,5-9,12H2,1-4H3,(H,23,25). The minimum atomic E-state index is -0.0849. The molecular formula is C21H29ClN2O3. The number of nitrogens with one attached hydrogen (secondary N) is 2. The number of Topliss-reactive ketones (excluding diaryl/α,β-unsaturated/α-hetero) is 1. The molecule has 1 heterocycles. The largest absolute Gasteiger partial charge is 0.494 e. The molecule has 0 aliphatic carbocycles. The lowest BCUT2D eigenvalue weighted by Crippen LogP contribution is -2.26. The number of aromatic amines is 1. The van der Waals surface area contributed by atoms with Crippen LogP contribution >= 0.6 is 11.6 Å². The highest BCUT2D eigenvalue weighted by Crippen LogP contribution is 2.37. The number of carbonyl (C=O) groups excluding carboxylic acids is 2. The van der Waals surface area contributed by atoms with Gasteiger partial charge in [0.05, 0.1) is 22.8 Å². The Morgan fingerprint density at radius 3 is 2.59 bits per heavy atom. The second-order valence-corrected chi connectivity index (χ2v) is 7.17. The fraction of sp³-hybridized carbons (Fsp3) is 0.524. The highest BCUT2D eigenvalue weighted by Gasteiger charge is 2.24. The number of ketones is 1. The van der Waals surface area contributed by atoms with Gasteiger partial charge >= 0.3 is 0 Å². The van der Waals surface area contributed by atoms with E-state index in [0.717, 1.165) is 35.7 Å². The first-order chi connectivity index (χ1) is 12.9. The van der Waals surface area contributed by atoms with Crippen LogP contribution in [0, 0.1) is 0 Å². The molecule has 0 saturated heterocycles. The van der Waals surface area contributed by atoms with Gasteiger partial charge < -0.3 is 15.0 Å². The van der Waals surface area contributed by atoms with E-state index < -0.39 is 0 Å². The molecule has 0 saturated carbocycles. The van der Waals surface area contributed by atoms with Crippen LogP contribution in [0.3, 0.4) is 0 Å². The van der Waals surface area contributed by atoms with Gasteiger partial charge in [-0.1, -0.05) is 38.8 Å². The van der Waals surface area contributed by atoms with Crippen molar-refractivity contribution in [3.63, 3.8) is 0 Å². The fourth-order valence-corrected chi connectivity index (χ4v) is 3.46. The van der Waals surface area contributed by atoms with E-state index in [0.29, 0.717) is 36.0 Å². The summed E-state index contributed by atoms with van der Waals surface area (Å²) < 4.78 is 5.84. The zero-order chi connectivity index (χ0) is 20.0. The minimum absolute atomic E-state index is 0.00936. The second-order valence-electron chi connectivity index (χ2n) is 6.76. The van der Waals surface area contributed by atoms with Crippen LogP contribution < -0.4 is 10.1 Å². The van der Waals surface area contributed by atoms with Crippen LogP contribution in [0.5, 0.6) is 5.75 Å². The van der Waals surface area contributed by atoms with E-state index in [9.17, 15) is 9.59 Å². The molecule has 0 fully saturated rings. The number of fused-ring (bicyclic) bond motifs is 1. The Morgan fingerprint density at radius 1 is 1.26 bits per heavy atom. The summed E-state index contributed by atoms with van der Waals surface area (Å²) in [5, 5.41) is 4.30. The zero-order valence-corrected chi connectivity index (χ0v) is 17.3. The van der Waals surface area contributed by atoms with Crippen molar-refractivity contribution in [3.8, 4) is 5.75 Å². The third-order valence-corrected chi connectivity index (χ3v) is 5.04. The second kappa shape index (κ2) is 9.79. The van der Waals surface area contributed by atoms with Crippen LogP contribution in [0.1, 0.15) is 75.3 Å². The molecule has 0 bridgehead atoms. The van der Waals surface area contributed by atoms with Crippen molar-refractivity contribution in [2.45, 2.75) is 59.3 Å². The van der Waals surface area contributed by atoms with Gasteiger partial charge in [-0.2, -0.15) is 0 Å². The van der Waals surface area contributed by atoms with Crippen molar-refractivity contribution in [3.05, 3.63) is 28.4 Å². The van der Waals surface area contributed by atoms with E-state index in [1.165, 1.54) is 6.92 Å². The van der Waals surface area contributed by atoms with Gasteiger partial charge in [0.25, 0.3) is 0 Å². The lowest BCUT2D eigenvalue weighted by Gasteiger charge is -2.17. The van der Waals surface area contributed by atoms with Crippen LogP contribution in [0.25, 0.3) is 10.9 Å². The molecule has 27 heavy (non-hydrogen) atoms. The molecule has 1 aromatic heterocycles. The van der Waals surface area contributed by atoms with Gasteiger partial charge in [-0.3, -0.25) is 9.59 Å². The normalized spacial score (nSPS) is 12.2. The van der Waals surface area contributed by atoms with Crippen LogP contribution in [0.4, 0.5) is 0 Å². The van der Waals surface area contributed by atoms with Gasteiger partial charge in [0.15, 0.2) is 5.78 Å². The monoisotopic (exact) mass is 392 g/mol. The van der Waals surface area contributed by atoms with E-state index in [1.54, 1.807) is 6.07 Å². The van der Waals surface area contributed by atoms with Crippen molar-refractivity contribution in [1.29, 1.82) is 0 Å². The fourth-order valence-electron chi connectivity index (χ4n) is 3.20. The SMILES string of the molecule is CCCCOc1cc(Cl)c2[nH]c(C(=O)CC)c(C(CC)CNC(C)=O)c2c1. The summed E-state index contributed by atoms with van der Waals surface area (Å²) in [6.45, 7) is 8.60. The van der Waals surface area contributed by atoms with Crippen molar-refractivity contribution in [2.24, 2.45) is 0 Å². The molecule has 0 radical (unpaired) electrons. The van der Waals surface area contributed by atoms with Crippen molar-refractivity contribution in [2.75, 3.05) is 13.2 Å². The minimum Gasteiger partial charge on any atom is -0.494 e. The lowest BCUT2D eigenvalue weighted by atomic mass is 9.91. The number of aromatic nitrogens is 1. The lowest BCUT2D eigenvalue weighted by molar-refractivity contribution is -0.119. The number of unbranched alkanes of at least 4 members (excludes halogenated alkanes) is 1. The van der Waals surface area contributed by atoms with Gasteiger partial charge in [0.2, 0.25) is 5.91 Å². The summed E-state index contributed by atoms with van der Waals surface area (Å²) in [6.07, 6.45) is 3.20. The Balaban J connectivity index is 2.57. The number of halogens is 1. The van der Waals surface area contributed by atoms with E-state index in [2.05, 4.69) is 24.1 Å². The molecule has 2 aromatic rings. The predicted octanol–water partition coefficient (Wildman–Crippen LogP) is 5.22. The van der Waals surface area contributed by atoms with Crippen LogP contribution in [-0.2, 0) is 4.79 Å². The number of carbonyl (C=O) groups is 2. The molecule has 5 nitrogen and oxygen atoms in total. The highest BCUT2D eigenvalue weighted by molar-refractivity contribution is 6.35. The third-order valence-electron chi connectivity index (χ3n) is 4.74. The van der Waals surface area contributed by atoms with E-state index in [-0.39, 0.29) is 17.6 Å². The first kappa shape index (κ1) is 21.3. The van der Waals surface area contributed by atoms with Gasteiger partial charge in [0, 0.05) is 37.3 Å². The maximum absolute atomic E-state index is 12.6. The molecule has 1 unspecified atom stereocenters. The third kappa shape index (κ3) is 5.04. The molecule has 1 amide bonds. The maximum atomic E-state index is 12.6. The summed E-state index contributed by atoms with van der Waals surface area (Å²) >= 11 is 6.49. The predicted molar refractivity (Wildman–Crippen MR) is 110 cm³/mol. The van der Waals surface area contributed by atoms with Gasteiger partial charge in [0.1, 0.15) is 5.75 Å². The highest BCUT2D eigenvalue weighted by atomic mass is 35.5. The summed E-state index contributed by atoms with van der Waals surface area (Å²) in [5.74, 6) is 0.659. The molecule has 0 aliphatic rings. The van der Waals surface area contributed by atoms with Crippen molar-refractivity contribution < 1.29 is 14.3 Å². The molecule has 2 rings (SSSR count). The Labute approximate surface area is 165 Å². The maximum Gasteiger partial charge on any atom is 0.216 e. The molecular weight excluding hydrogens is 364 g/mol. The smallest absolute Gasteiger partial charge is 0.216 e. The molecule has 1 atom stereocenters. The topological polar surface area (TPSA) is 71.2 Å². The molecule has 0 spiro atoms. The molecule has 6 heteroatoms. The number of hydrogen-bond acceptors (Lipinski definition) is 3. The van der Waals surface area contributed by atoms with Crippen LogP contribution in [-0.4, -0.2) is 29.8 Å². The Morgan fingerprint density at radius 2 is 2.00 bits per heavy atom. The van der Waals surface area contributed by atoms with Gasteiger partial charge in [-0.15, -0.1) is 0 Å². The number of H-pyrrole nitrogens is 1. The number of hydrogen-bond donors (Lipinski definition) is 2. The number of benzene rings is 1. The molecule has 148 valence electrons. The average Bonchev–Trinajstić information content (AvgIpc) is 3.02. The number of rotatable bonds is 10. The molecule has 0 aliphatic heterocycles. The van der Waals surface area contributed by atoms with Crippen molar-refractivity contribution >= 4 is 34.2 Å². The van der Waals surface area contributed by atoms with E-state index in [1.807, 2.05) is 13.0 Å². The summed E-state index contributed by atoms with van der Waals surface area (Å²) in [4.78, 5) is 27.2. The molecule has 1 aromatic carbocycles. The van der Waals surface area contributed by atoms with E-state index >= 15 is 0 Å². The first-order valence-electron chi connectivity index (χ1n) is 9.68. The van der Waals surface area contributed by atoms with Crippen molar-refractivity contribution in [1.82, 2.24) is 10.3 Å². The zero-order valence-electron chi connectivity index (χ0n) is 16.6. The summed E-state index contributed by atoms with van der Waals surface area (Å²) in [7, 11) is 0. The van der Waals surface area contributed by atoms with Gasteiger partial charge in [-0.05, 0) is 24.5 Å². The van der Waals surface area contributed by atoms with Gasteiger partial charge in [-0.25, -0.2) is 0 Å². The first-order valence-corrected chi connectivity index (χ1v) is 10.1. The summed E-state index contributed by atoms with van der Waals surface area (Å²) in [6, 6.07) is 3.74. The Bertz CT molecular complexity index is 813. The Kier molecular flexibility index (Phi) is 7.72. The average molecular weight is 393 g/mol. The van der Waals surface area contributed by atoms with E-state index in [4.69, 9.17) is 16.3 Å². The number of ether oxygens (including phenoxy) is 1. The number of amides is 1. The van der Waals surface area contributed by atoms with Crippen LogP contribution in [0.2, 0.25) is 5.02 Å². The van der Waals surface area contributed by atoms with Crippen LogP contribution in [0.15, 0.2) is 12.1 Å². The molecule has 2 N–H and O–H groups in total. The quantitative estimate of drug-likeness (QED) is 0.430. The summed E-state index contributed by atoms with van der Waals surface area (Å²) in [5.41, 5.74) is 2.24.